The van der Waals surface area contributed by atoms with Gasteiger partial charge in [0.15, 0.2) is 0 Å². The molecule has 25 heavy (non-hydrogen) atoms. The van der Waals surface area contributed by atoms with Crippen LogP contribution in [0.25, 0.3) is 11.1 Å². The number of nitrogens with zero attached hydrogens (tertiary/aromatic N) is 2. The summed E-state index contributed by atoms with van der Waals surface area (Å²) < 4.78 is 10.4. The van der Waals surface area contributed by atoms with Crippen molar-refractivity contribution in [3.8, 4) is 5.75 Å². The fraction of sp³-hybridized carbons (Fsp3) is 0.316. The molecule has 3 rings (SSSR count). The third kappa shape index (κ3) is 3.79. The summed E-state index contributed by atoms with van der Waals surface area (Å²) in [6.07, 6.45) is 2.96. The number of aromatic nitrogens is 2. The number of aryl methyl sites for hydroxylation is 1. The highest BCUT2D eigenvalue weighted by molar-refractivity contribution is 5.97. The monoisotopic (exact) mass is 339 g/mol. The highest BCUT2D eigenvalue weighted by Gasteiger charge is 2.15. The molecule has 130 valence electrons. The van der Waals surface area contributed by atoms with Gasteiger partial charge in [0.25, 0.3) is 11.6 Å². The van der Waals surface area contributed by atoms with Gasteiger partial charge in [0.2, 0.25) is 0 Å². The molecule has 0 saturated carbocycles. The van der Waals surface area contributed by atoms with Gasteiger partial charge in [0.05, 0.1) is 23.8 Å². The van der Waals surface area contributed by atoms with E-state index >= 15 is 0 Å². The predicted molar refractivity (Wildman–Crippen MR) is 94.8 cm³/mol. The molecule has 6 heteroatoms. The topological polar surface area (TPSA) is 77.2 Å². The van der Waals surface area contributed by atoms with Crippen LogP contribution in [0.2, 0.25) is 0 Å². The fourth-order valence-electron chi connectivity index (χ4n) is 2.77. The van der Waals surface area contributed by atoms with Crippen LogP contribution in [-0.4, -0.2) is 29.2 Å². The number of rotatable bonds is 6. The Kier molecular flexibility index (Phi) is 4.97. The highest BCUT2D eigenvalue weighted by atomic mass is 16.5. The van der Waals surface area contributed by atoms with Crippen molar-refractivity contribution in [2.45, 2.75) is 32.7 Å². The molecule has 1 aromatic carbocycles. The fourth-order valence-corrected chi connectivity index (χ4v) is 2.77. The summed E-state index contributed by atoms with van der Waals surface area (Å²) in [4.78, 5) is 16.7. The van der Waals surface area contributed by atoms with Crippen molar-refractivity contribution in [3.63, 3.8) is 0 Å². The van der Waals surface area contributed by atoms with Crippen LogP contribution in [0.1, 0.15) is 35.5 Å². The number of benzene rings is 1. The number of hydrogen-bond acceptors (Lipinski definition) is 5. The lowest BCUT2D eigenvalue weighted by molar-refractivity contribution is 0.0940. The first-order valence-electron chi connectivity index (χ1n) is 8.28. The first-order chi connectivity index (χ1) is 12.1. The molecule has 1 atom stereocenters. The molecule has 0 aliphatic heterocycles. The molecule has 0 radical (unpaired) electrons. The SMILES string of the molecule is CCc1noc2ncc(C(=O)NC(C)Cc3cccc(OC)c3)cc12. The molecule has 0 saturated heterocycles. The molecule has 1 amide bonds. The van der Waals surface area contributed by atoms with Gasteiger partial charge in [-0.15, -0.1) is 0 Å². The number of carbonyl (C=O) groups is 1. The molecular weight excluding hydrogens is 318 g/mol. The summed E-state index contributed by atoms with van der Waals surface area (Å²) in [7, 11) is 1.64. The Labute approximate surface area is 146 Å². The Bertz CT molecular complexity index is 889. The second-order valence-corrected chi connectivity index (χ2v) is 5.99. The van der Waals surface area contributed by atoms with Gasteiger partial charge in [-0.25, -0.2) is 4.98 Å². The Morgan fingerprint density at radius 3 is 2.96 bits per heavy atom. The average Bonchev–Trinajstić information content (AvgIpc) is 3.03. The smallest absolute Gasteiger partial charge is 0.257 e. The normalized spacial score (nSPS) is 12.1. The highest BCUT2D eigenvalue weighted by Crippen LogP contribution is 2.18. The van der Waals surface area contributed by atoms with Crippen LogP contribution < -0.4 is 10.1 Å². The molecule has 3 aromatic rings. The third-order valence-corrected chi connectivity index (χ3v) is 4.05. The van der Waals surface area contributed by atoms with Crippen LogP contribution in [0.5, 0.6) is 5.75 Å². The van der Waals surface area contributed by atoms with E-state index in [2.05, 4.69) is 15.5 Å². The Morgan fingerprint density at radius 1 is 1.36 bits per heavy atom. The van der Waals surface area contributed by atoms with Crippen molar-refractivity contribution in [3.05, 3.63) is 53.3 Å². The van der Waals surface area contributed by atoms with Crippen LogP contribution in [0, 0.1) is 0 Å². The van der Waals surface area contributed by atoms with E-state index in [1.807, 2.05) is 38.1 Å². The zero-order valence-corrected chi connectivity index (χ0v) is 14.6. The molecular formula is C19H21N3O3. The zero-order valence-electron chi connectivity index (χ0n) is 14.6. The lowest BCUT2D eigenvalue weighted by atomic mass is 10.1. The van der Waals surface area contributed by atoms with Gasteiger partial charge >= 0.3 is 0 Å². The van der Waals surface area contributed by atoms with Crippen molar-refractivity contribution in [2.24, 2.45) is 0 Å². The molecule has 2 aromatic heterocycles. The molecule has 0 spiro atoms. The maximum Gasteiger partial charge on any atom is 0.257 e. The molecule has 0 aliphatic rings. The summed E-state index contributed by atoms with van der Waals surface area (Å²) in [6, 6.07) is 9.59. The molecule has 1 unspecified atom stereocenters. The summed E-state index contributed by atoms with van der Waals surface area (Å²) in [6.45, 7) is 3.96. The second-order valence-electron chi connectivity index (χ2n) is 5.99. The Morgan fingerprint density at radius 2 is 2.20 bits per heavy atom. The number of methoxy groups -OCH3 is 1. The molecule has 0 aliphatic carbocycles. The van der Waals surface area contributed by atoms with Gasteiger partial charge in [-0.2, -0.15) is 0 Å². The number of nitrogens with one attached hydrogen (secondary N) is 1. The van der Waals surface area contributed by atoms with Gasteiger partial charge < -0.3 is 14.6 Å². The average molecular weight is 339 g/mol. The van der Waals surface area contributed by atoms with Crippen molar-refractivity contribution >= 4 is 17.0 Å². The van der Waals surface area contributed by atoms with Gasteiger partial charge in [-0.05, 0) is 43.5 Å². The van der Waals surface area contributed by atoms with Gasteiger partial charge in [0, 0.05) is 12.2 Å². The number of amides is 1. The molecule has 0 fully saturated rings. The standard InChI is InChI=1S/C19H21N3O3/c1-4-17-16-10-14(11-20-19(16)25-22-17)18(23)21-12(2)8-13-6-5-7-15(9-13)24-3/h5-7,9-12H,4,8H2,1-3H3,(H,21,23). The summed E-state index contributed by atoms with van der Waals surface area (Å²) in [5.41, 5.74) is 2.87. The number of carbonyl (C=O) groups excluding carboxylic acids is 1. The maximum absolute atomic E-state index is 12.5. The minimum atomic E-state index is -0.159. The second kappa shape index (κ2) is 7.34. The third-order valence-electron chi connectivity index (χ3n) is 4.05. The van der Waals surface area contributed by atoms with E-state index in [1.165, 1.54) is 6.20 Å². The lowest BCUT2D eigenvalue weighted by Crippen LogP contribution is -2.34. The van der Waals surface area contributed by atoms with Crippen LogP contribution in [0.3, 0.4) is 0 Å². The Hall–Kier alpha value is -2.89. The lowest BCUT2D eigenvalue weighted by Gasteiger charge is -2.14. The maximum atomic E-state index is 12.5. The number of ether oxygens (including phenoxy) is 1. The van der Waals surface area contributed by atoms with E-state index in [9.17, 15) is 4.79 Å². The minimum absolute atomic E-state index is 0.0246. The molecule has 2 heterocycles. The van der Waals surface area contributed by atoms with E-state index in [0.29, 0.717) is 17.7 Å². The van der Waals surface area contributed by atoms with Gasteiger partial charge in [-0.3, -0.25) is 4.79 Å². The van der Waals surface area contributed by atoms with E-state index in [1.54, 1.807) is 13.2 Å². The summed E-state index contributed by atoms with van der Waals surface area (Å²) >= 11 is 0. The van der Waals surface area contributed by atoms with E-state index < -0.39 is 0 Å². The van der Waals surface area contributed by atoms with Crippen LogP contribution in [0.15, 0.2) is 41.1 Å². The van der Waals surface area contributed by atoms with E-state index in [-0.39, 0.29) is 11.9 Å². The summed E-state index contributed by atoms with van der Waals surface area (Å²) in [5, 5.41) is 7.76. The van der Waals surface area contributed by atoms with Gasteiger partial charge in [0.1, 0.15) is 5.75 Å². The minimum Gasteiger partial charge on any atom is -0.497 e. The molecule has 1 N–H and O–H groups in total. The van der Waals surface area contributed by atoms with Crippen molar-refractivity contribution in [2.75, 3.05) is 7.11 Å². The van der Waals surface area contributed by atoms with E-state index in [4.69, 9.17) is 9.26 Å². The zero-order chi connectivity index (χ0) is 17.8. The van der Waals surface area contributed by atoms with Crippen LogP contribution >= 0.6 is 0 Å². The number of fused-ring (bicyclic) bond motifs is 1. The van der Waals surface area contributed by atoms with Crippen molar-refractivity contribution in [1.29, 1.82) is 0 Å². The predicted octanol–water partition coefficient (Wildman–Crippen LogP) is 3.15. The first kappa shape index (κ1) is 17.0. The Balaban J connectivity index is 1.70. The molecule has 0 bridgehead atoms. The first-order valence-corrected chi connectivity index (χ1v) is 8.28. The van der Waals surface area contributed by atoms with Crippen molar-refractivity contribution < 1.29 is 14.1 Å². The van der Waals surface area contributed by atoms with E-state index in [0.717, 1.165) is 28.8 Å². The number of hydrogen-bond donors (Lipinski definition) is 1. The quantitative estimate of drug-likeness (QED) is 0.746. The van der Waals surface area contributed by atoms with Gasteiger partial charge in [-0.1, -0.05) is 24.2 Å². The van der Waals surface area contributed by atoms with Crippen LogP contribution in [0.4, 0.5) is 0 Å². The largest absolute Gasteiger partial charge is 0.497 e. The number of pyridine rings is 1. The molecule has 6 nitrogen and oxygen atoms in total. The van der Waals surface area contributed by atoms with Crippen molar-refractivity contribution in [1.82, 2.24) is 15.5 Å². The summed E-state index contributed by atoms with van der Waals surface area (Å²) in [5.74, 6) is 0.651. The van der Waals surface area contributed by atoms with Crippen LogP contribution in [-0.2, 0) is 12.8 Å².